The van der Waals surface area contributed by atoms with Gasteiger partial charge in [-0.25, -0.2) is 9.78 Å². The van der Waals surface area contributed by atoms with Crippen molar-refractivity contribution < 1.29 is 14.3 Å². The van der Waals surface area contributed by atoms with Crippen LogP contribution in [0.4, 0.5) is 9.93 Å². The maximum atomic E-state index is 12.0. The van der Waals surface area contributed by atoms with Gasteiger partial charge in [0.25, 0.3) is 5.91 Å². The van der Waals surface area contributed by atoms with Crippen LogP contribution in [0.3, 0.4) is 0 Å². The summed E-state index contributed by atoms with van der Waals surface area (Å²) >= 11 is 7.70. The summed E-state index contributed by atoms with van der Waals surface area (Å²) in [5.74, 6) is 0.384. The molecule has 2 saturated heterocycles. The van der Waals surface area contributed by atoms with E-state index in [-0.39, 0.29) is 5.91 Å². The molecule has 2 fully saturated rings. The first-order valence-corrected chi connectivity index (χ1v) is 8.23. The number of anilines is 1. The van der Waals surface area contributed by atoms with Crippen molar-refractivity contribution in [2.45, 2.75) is 12.0 Å². The fraction of sp³-hybridized carbons (Fsp3) is 0.357. The number of fused-ring (bicyclic) bond motifs is 1. The van der Waals surface area contributed by atoms with Gasteiger partial charge in [0.05, 0.1) is 23.4 Å². The van der Waals surface area contributed by atoms with Crippen LogP contribution in [0.2, 0.25) is 5.02 Å². The minimum atomic E-state index is -0.858. The van der Waals surface area contributed by atoms with E-state index >= 15 is 0 Å². The maximum absolute atomic E-state index is 12.0. The van der Waals surface area contributed by atoms with Crippen molar-refractivity contribution in [2.75, 3.05) is 25.1 Å². The topological polar surface area (TPSA) is 83.6 Å². The normalized spacial score (nSPS) is 23.7. The smallest absolute Gasteiger partial charge is 0.322 e. The zero-order valence-corrected chi connectivity index (χ0v) is 13.8. The molecule has 2 N–H and O–H groups in total. The van der Waals surface area contributed by atoms with E-state index in [1.807, 2.05) is 4.90 Å². The molecule has 0 saturated carbocycles. The van der Waals surface area contributed by atoms with Crippen LogP contribution in [-0.4, -0.2) is 42.7 Å². The molecule has 1 aromatic heterocycles. The van der Waals surface area contributed by atoms with Gasteiger partial charge in [-0.05, 0) is 18.6 Å². The zero-order valence-electron chi connectivity index (χ0n) is 12.2. The quantitative estimate of drug-likeness (QED) is 0.804. The van der Waals surface area contributed by atoms with Gasteiger partial charge in [-0.15, -0.1) is 0 Å². The second kappa shape index (κ2) is 4.97. The van der Waals surface area contributed by atoms with E-state index in [9.17, 15) is 9.59 Å². The first kappa shape index (κ1) is 14.5. The van der Waals surface area contributed by atoms with Gasteiger partial charge in [0, 0.05) is 6.54 Å². The van der Waals surface area contributed by atoms with Crippen LogP contribution in [0.1, 0.15) is 6.42 Å². The lowest BCUT2D eigenvalue weighted by molar-refractivity contribution is -0.123. The molecule has 3 amide bonds. The molecule has 120 valence electrons. The van der Waals surface area contributed by atoms with Crippen molar-refractivity contribution in [3.63, 3.8) is 0 Å². The number of methoxy groups -OCH3 is 1. The highest BCUT2D eigenvalue weighted by Gasteiger charge is 2.51. The third kappa shape index (κ3) is 2.13. The van der Waals surface area contributed by atoms with Gasteiger partial charge >= 0.3 is 6.03 Å². The Kier molecular flexibility index (Phi) is 3.14. The highest BCUT2D eigenvalue weighted by atomic mass is 35.5. The SMILES string of the molecule is COc1ccc(Cl)c2sc(N3CCC4(C3)NC(=O)NC4=O)nc12. The lowest BCUT2D eigenvalue weighted by Gasteiger charge is -2.20. The number of nitrogens with one attached hydrogen (secondary N) is 2. The molecule has 3 heterocycles. The fourth-order valence-electron chi connectivity index (χ4n) is 3.03. The number of nitrogens with zero attached hydrogens (tertiary/aromatic N) is 2. The standard InChI is InChI=1S/C14H13ClN4O3S/c1-22-8-3-2-7(15)10-9(8)16-13(23-10)19-5-4-14(6-19)11(20)17-12(21)18-14/h2-3H,4-6H2,1H3,(H2,17,18,20,21). The number of carbonyl (C=O) groups is 2. The number of hydrogen-bond acceptors (Lipinski definition) is 6. The molecule has 0 radical (unpaired) electrons. The Morgan fingerprint density at radius 1 is 1.43 bits per heavy atom. The van der Waals surface area contributed by atoms with Crippen LogP contribution in [0.15, 0.2) is 12.1 Å². The van der Waals surface area contributed by atoms with Crippen molar-refractivity contribution in [3.8, 4) is 5.75 Å². The summed E-state index contributed by atoms with van der Waals surface area (Å²) in [6.45, 7) is 1.03. The number of thiazole rings is 1. The minimum Gasteiger partial charge on any atom is -0.494 e. The lowest BCUT2D eigenvalue weighted by Crippen LogP contribution is -2.49. The Morgan fingerprint density at radius 3 is 2.96 bits per heavy atom. The van der Waals surface area contributed by atoms with Gasteiger partial charge in [-0.1, -0.05) is 22.9 Å². The molecule has 0 aliphatic carbocycles. The van der Waals surface area contributed by atoms with Crippen LogP contribution < -0.4 is 20.3 Å². The van der Waals surface area contributed by atoms with Gasteiger partial charge in [-0.3, -0.25) is 10.1 Å². The average Bonchev–Trinajstić information content (AvgIpc) is 3.19. The lowest BCUT2D eigenvalue weighted by atomic mass is 10.00. The summed E-state index contributed by atoms with van der Waals surface area (Å²) < 4.78 is 6.18. The molecule has 1 spiro atoms. The molecular formula is C14H13ClN4O3S. The van der Waals surface area contributed by atoms with E-state index in [0.29, 0.717) is 35.8 Å². The molecule has 2 aliphatic heterocycles. The van der Waals surface area contributed by atoms with Crippen LogP contribution in [0, 0.1) is 0 Å². The number of ether oxygens (including phenoxy) is 1. The first-order chi connectivity index (χ1) is 11.0. The monoisotopic (exact) mass is 352 g/mol. The number of rotatable bonds is 2. The number of urea groups is 1. The molecule has 2 aliphatic rings. The molecule has 23 heavy (non-hydrogen) atoms. The van der Waals surface area contributed by atoms with Crippen molar-refractivity contribution in [1.82, 2.24) is 15.6 Å². The second-order valence-electron chi connectivity index (χ2n) is 5.59. The number of halogens is 1. The van der Waals surface area contributed by atoms with Crippen molar-refractivity contribution in [2.24, 2.45) is 0 Å². The van der Waals surface area contributed by atoms with E-state index in [2.05, 4.69) is 15.6 Å². The van der Waals surface area contributed by atoms with Gasteiger partial charge in [0.15, 0.2) is 5.13 Å². The predicted molar refractivity (Wildman–Crippen MR) is 87.4 cm³/mol. The number of benzene rings is 1. The number of hydrogen-bond donors (Lipinski definition) is 2. The Bertz CT molecular complexity index is 839. The van der Waals surface area contributed by atoms with E-state index in [0.717, 1.165) is 9.83 Å². The van der Waals surface area contributed by atoms with Crippen molar-refractivity contribution in [3.05, 3.63) is 17.2 Å². The highest BCUT2D eigenvalue weighted by molar-refractivity contribution is 7.22. The van der Waals surface area contributed by atoms with Crippen LogP contribution in [-0.2, 0) is 4.79 Å². The van der Waals surface area contributed by atoms with E-state index in [4.69, 9.17) is 16.3 Å². The van der Waals surface area contributed by atoms with Crippen LogP contribution >= 0.6 is 22.9 Å². The zero-order chi connectivity index (χ0) is 16.2. The minimum absolute atomic E-state index is 0.276. The third-order valence-corrected chi connectivity index (χ3v) is 5.80. The van der Waals surface area contributed by atoms with Gasteiger partial charge in [0.1, 0.15) is 16.8 Å². The fourth-order valence-corrected chi connectivity index (χ4v) is 4.31. The first-order valence-electron chi connectivity index (χ1n) is 7.04. The molecule has 4 rings (SSSR count). The van der Waals surface area contributed by atoms with Crippen molar-refractivity contribution in [1.29, 1.82) is 0 Å². The molecule has 7 nitrogen and oxygen atoms in total. The van der Waals surface area contributed by atoms with Gasteiger partial charge in [-0.2, -0.15) is 0 Å². The van der Waals surface area contributed by atoms with Crippen molar-refractivity contribution >= 4 is 50.2 Å². The Hall–Kier alpha value is -2.06. The summed E-state index contributed by atoms with van der Waals surface area (Å²) in [5, 5.41) is 6.41. The summed E-state index contributed by atoms with van der Waals surface area (Å²) in [7, 11) is 1.59. The van der Waals surface area contributed by atoms with E-state index in [1.165, 1.54) is 11.3 Å². The Morgan fingerprint density at radius 2 is 2.26 bits per heavy atom. The molecular weight excluding hydrogens is 340 g/mol. The van der Waals surface area contributed by atoms with Gasteiger partial charge in [0.2, 0.25) is 0 Å². The number of aromatic nitrogens is 1. The van der Waals surface area contributed by atoms with E-state index in [1.54, 1.807) is 19.2 Å². The molecule has 9 heteroatoms. The summed E-state index contributed by atoms with van der Waals surface area (Å²) in [6, 6.07) is 3.12. The Labute approximate surface area is 140 Å². The molecule has 2 aromatic rings. The maximum Gasteiger partial charge on any atom is 0.322 e. The summed E-state index contributed by atoms with van der Waals surface area (Å²) in [6.07, 6.45) is 0.547. The average molecular weight is 353 g/mol. The Balaban J connectivity index is 1.70. The molecule has 0 bridgehead atoms. The predicted octanol–water partition coefficient (Wildman–Crippen LogP) is 1.75. The van der Waals surface area contributed by atoms with Gasteiger partial charge < -0.3 is 15.0 Å². The van der Waals surface area contributed by atoms with Crippen LogP contribution in [0.5, 0.6) is 5.75 Å². The molecule has 1 aromatic carbocycles. The summed E-state index contributed by atoms with van der Waals surface area (Å²) in [4.78, 5) is 30.1. The second-order valence-corrected chi connectivity index (χ2v) is 6.97. The third-order valence-electron chi connectivity index (χ3n) is 4.22. The van der Waals surface area contributed by atoms with Crippen LogP contribution in [0.25, 0.3) is 10.2 Å². The summed E-state index contributed by atoms with van der Waals surface area (Å²) in [5.41, 5.74) is -0.149. The number of carbonyl (C=O) groups excluding carboxylic acids is 2. The molecule has 1 unspecified atom stereocenters. The highest BCUT2D eigenvalue weighted by Crippen LogP contribution is 2.40. The largest absolute Gasteiger partial charge is 0.494 e. The number of amides is 3. The molecule has 1 atom stereocenters. The number of imide groups is 1. The van der Waals surface area contributed by atoms with E-state index < -0.39 is 11.6 Å².